The molecule has 96 valence electrons. The maximum Gasteiger partial charge on any atom is 0.156 e. The van der Waals surface area contributed by atoms with Crippen molar-refractivity contribution in [2.24, 2.45) is 0 Å². The van der Waals surface area contributed by atoms with Crippen LogP contribution in [0.15, 0.2) is 23.2 Å². The molecule has 2 rings (SSSR count). The van der Waals surface area contributed by atoms with Crippen LogP contribution < -0.4 is 5.73 Å². The van der Waals surface area contributed by atoms with Gasteiger partial charge in [0.2, 0.25) is 0 Å². The average molecular weight is 312 g/mol. The highest BCUT2D eigenvalue weighted by atomic mass is 79.9. The van der Waals surface area contributed by atoms with Gasteiger partial charge < -0.3 is 10.8 Å². The largest absolute Gasteiger partial charge is 0.394 e. The molecule has 0 aliphatic rings. The first-order chi connectivity index (χ1) is 8.44. The minimum atomic E-state index is -0.448. The molecule has 6 nitrogen and oxygen atoms in total. The number of rotatable bonds is 3. The van der Waals surface area contributed by atoms with Crippen LogP contribution in [0, 0.1) is 0 Å². The number of aromatic nitrogens is 4. The first-order valence-electron chi connectivity index (χ1n) is 5.38. The molecule has 2 aromatic heterocycles. The van der Waals surface area contributed by atoms with E-state index in [9.17, 15) is 5.11 Å². The van der Waals surface area contributed by atoms with E-state index in [0.717, 1.165) is 5.56 Å². The van der Waals surface area contributed by atoms with Crippen LogP contribution >= 0.6 is 15.9 Å². The Morgan fingerprint density at radius 1 is 1.44 bits per heavy atom. The van der Waals surface area contributed by atoms with Crippen molar-refractivity contribution in [1.82, 2.24) is 19.7 Å². The summed E-state index contributed by atoms with van der Waals surface area (Å²) >= 11 is 3.24. The molecule has 0 aliphatic heterocycles. The molecule has 2 aromatic rings. The number of hydrogen-bond donors (Lipinski definition) is 2. The third-order valence-corrected chi connectivity index (χ3v) is 3.22. The molecular weight excluding hydrogens is 298 g/mol. The highest BCUT2D eigenvalue weighted by Crippen LogP contribution is 2.23. The second kappa shape index (κ2) is 4.66. The average Bonchev–Trinajstić information content (AvgIpc) is 2.83. The lowest BCUT2D eigenvalue weighted by Gasteiger charge is -2.22. The summed E-state index contributed by atoms with van der Waals surface area (Å²) in [5.41, 5.74) is 6.64. The molecule has 0 atom stereocenters. The summed E-state index contributed by atoms with van der Waals surface area (Å²) in [4.78, 5) is 8.31. The monoisotopic (exact) mass is 311 g/mol. The predicted molar refractivity (Wildman–Crippen MR) is 71.8 cm³/mol. The SMILES string of the molecule is CC(C)(CO)n1cc(-c2cnc(N)c(Br)n2)cn1. The van der Waals surface area contributed by atoms with Crippen LogP contribution in [0.2, 0.25) is 0 Å². The van der Waals surface area contributed by atoms with Gasteiger partial charge in [-0.05, 0) is 29.8 Å². The van der Waals surface area contributed by atoms with Gasteiger partial charge in [-0.15, -0.1) is 0 Å². The van der Waals surface area contributed by atoms with Crippen molar-refractivity contribution >= 4 is 21.7 Å². The number of aliphatic hydroxyl groups excluding tert-OH is 1. The standard InChI is InChI=1S/C11H14BrN5O/c1-11(2,6-18)17-5-7(3-15-17)8-4-14-10(13)9(12)16-8/h3-5,18H,6H2,1-2H3,(H2,13,14). The van der Waals surface area contributed by atoms with E-state index in [-0.39, 0.29) is 6.61 Å². The van der Waals surface area contributed by atoms with Crippen LogP contribution in [0.25, 0.3) is 11.3 Å². The Kier molecular flexibility index (Phi) is 3.36. The molecule has 0 amide bonds. The Labute approximate surface area is 113 Å². The van der Waals surface area contributed by atoms with Gasteiger partial charge >= 0.3 is 0 Å². The van der Waals surface area contributed by atoms with Crippen molar-refractivity contribution < 1.29 is 5.11 Å². The van der Waals surface area contributed by atoms with Crippen LogP contribution in [-0.4, -0.2) is 31.5 Å². The molecule has 0 fully saturated rings. The van der Waals surface area contributed by atoms with Gasteiger partial charge in [-0.25, -0.2) is 9.97 Å². The maximum absolute atomic E-state index is 9.29. The molecule has 3 N–H and O–H groups in total. The first-order valence-corrected chi connectivity index (χ1v) is 6.18. The smallest absolute Gasteiger partial charge is 0.156 e. The van der Waals surface area contributed by atoms with E-state index >= 15 is 0 Å². The van der Waals surface area contributed by atoms with Crippen LogP contribution in [0.3, 0.4) is 0 Å². The molecular formula is C11H14BrN5O. The Morgan fingerprint density at radius 2 is 2.17 bits per heavy atom. The number of nitrogens with two attached hydrogens (primary N) is 1. The van der Waals surface area contributed by atoms with Crippen molar-refractivity contribution in [3.05, 3.63) is 23.2 Å². The van der Waals surface area contributed by atoms with Gasteiger partial charge in [-0.2, -0.15) is 5.10 Å². The fraction of sp³-hybridized carbons (Fsp3) is 0.364. The summed E-state index contributed by atoms with van der Waals surface area (Å²) in [7, 11) is 0. The Bertz CT molecular complexity index is 566. The van der Waals surface area contributed by atoms with Gasteiger partial charge in [-0.3, -0.25) is 4.68 Å². The molecule has 0 unspecified atom stereocenters. The van der Waals surface area contributed by atoms with Crippen molar-refractivity contribution in [2.75, 3.05) is 12.3 Å². The quantitative estimate of drug-likeness (QED) is 0.894. The number of nitrogens with zero attached hydrogens (tertiary/aromatic N) is 4. The van der Waals surface area contributed by atoms with Gasteiger partial charge in [0.15, 0.2) is 5.82 Å². The van der Waals surface area contributed by atoms with Gasteiger partial charge in [0.05, 0.1) is 30.2 Å². The highest BCUT2D eigenvalue weighted by molar-refractivity contribution is 9.10. The Balaban J connectivity index is 2.38. The van der Waals surface area contributed by atoms with E-state index < -0.39 is 5.54 Å². The van der Waals surface area contributed by atoms with Crippen LogP contribution in [0.1, 0.15) is 13.8 Å². The van der Waals surface area contributed by atoms with E-state index in [1.54, 1.807) is 17.1 Å². The molecule has 0 saturated carbocycles. The van der Waals surface area contributed by atoms with Gasteiger partial charge in [0.1, 0.15) is 4.60 Å². The third-order valence-electron chi connectivity index (χ3n) is 2.64. The van der Waals surface area contributed by atoms with Crippen LogP contribution in [-0.2, 0) is 5.54 Å². The van der Waals surface area contributed by atoms with Crippen molar-refractivity contribution in [3.63, 3.8) is 0 Å². The fourth-order valence-electron chi connectivity index (χ4n) is 1.37. The lowest BCUT2D eigenvalue weighted by Crippen LogP contribution is -2.30. The van der Waals surface area contributed by atoms with Crippen LogP contribution in [0.5, 0.6) is 0 Å². The van der Waals surface area contributed by atoms with E-state index in [2.05, 4.69) is 31.0 Å². The zero-order valence-electron chi connectivity index (χ0n) is 10.1. The zero-order valence-corrected chi connectivity index (χ0v) is 11.7. The zero-order chi connectivity index (χ0) is 13.3. The number of nitrogen functional groups attached to an aromatic ring is 1. The van der Waals surface area contributed by atoms with Gasteiger partial charge in [0, 0.05) is 11.8 Å². The molecule has 0 radical (unpaired) electrons. The van der Waals surface area contributed by atoms with E-state index in [1.807, 2.05) is 20.0 Å². The minimum Gasteiger partial charge on any atom is -0.394 e. The molecule has 0 aromatic carbocycles. The fourth-order valence-corrected chi connectivity index (χ4v) is 1.67. The van der Waals surface area contributed by atoms with Crippen LogP contribution in [0.4, 0.5) is 5.82 Å². The second-order valence-electron chi connectivity index (χ2n) is 4.58. The van der Waals surface area contributed by atoms with Crippen molar-refractivity contribution in [2.45, 2.75) is 19.4 Å². The normalized spacial score (nSPS) is 11.8. The topological polar surface area (TPSA) is 89.8 Å². The third kappa shape index (κ3) is 2.37. The van der Waals surface area contributed by atoms with Gasteiger partial charge in [-0.1, -0.05) is 0 Å². The summed E-state index contributed by atoms with van der Waals surface area (Å²) in [6.07, 6.45) is 5.10. The molecule has 2 heterocycles. The second-order valence-corrected chi connectivity index (χ2v) is 5.33. The molecule has 0 bridgehead atoms. The number of anilines is 1. The lowest BCUT2D eigenvalue weighted by molar-refractivity contribution is 0.152. The van der Waals surface area contributed by atoms with Crippen molar-refractivity contribution in [1.29, 1.82) is 0 Å². The lowest BCUT2D eigenvalue weighted by atomic mass is 10.1. The Hall–Kier alpha value is -1.47. The Morgan fingerprint density at radius 3 is 2.78 bits per heavy atom. The molecule has 0 saturated heterocycles. The van der Waals surface area contributed by atoms with E-state index in [4.69, 9.17) is 5.73 Å². The van der Waals surface area contributed by atoms with Gasteiger partial charge in [0.25, 0.3) is 0 Å². The molecule has 0 aliphatic carbocycles. The summed E-state index contributed by atoms with van der Waals surface area (Å²) in [5.74, 6) is 0.349. The molecule has 0 spiro atoms. The number of halogens is 1. The maximum atomic E-state index is 9.29. The predicted octanol–water partition coefficient (Wildman–Crippen LogP) is 1.41. The summed E-state index contributed by atoms with van der Waals surface area (Å²) in [6.45, 7) is 3.80. The summed E-state index contributed by atoms with van der Waals surface area (Å²) in [5, 5.41) is 13.5. The molecule has 18 heavy (non-hydrogen) atoms. The summed E-state index contributed by atoms with van der Waals surface area (Å²) in [6, 6.07) is 0. The van der Waals surface area contributed by atoms with E-state index in [1.165, 1.54) is 0 Å². The highest BCUT2D eigenvalue weighted by Gasteiger charge is 2.20. The van der Waals surface area contributed by atoms with Crippen molar-refractivity contribution in [3.8, 4) is 11.3 Å². The minimum absolute atomic E-state index is 0.00519. The molecule has 7 heteroatoms. The number of aliphatic hydroxyl groups is 1. The summed E-state index contributed by atoms with van der Waals surface area (Å²) < 4.78 is 2.21. The first kappa shape index (κ1) is 13.0. The van der Waals surface area contributed by atoms with E-state index in [0.29, 0.717) is 16.1 Å². The number of hydrogen-bond acceptors (Lipinski definition) is 5.